The van der Waals surface area contributed by atoms with Crippen molar-refractivity contribution in [3.8, 4) is 0 Å². The lowest BCUT2D eigenvalue weighted by molar-refractivity contribution is 0.137. The van der Waals surface area contributed by atoms with Crippen LogP contribution in [0, 0.1) is 0 Å². The summed E-state index contributed by atoms with van der Waals surface area (Å²) in [6, 6.07) is 52.3. The Morgan fingerprint density at radius 2 is 0.861 bits per heavy atom. The molecule has 0 saturated heterocycles. The SMILES string of the molecule is c1ccc(P(CCOCc2ccccc2P(c2ccccc2)c2ccccc2)c2ccccc2)cc1. The lowest BCUT2D eigenvalue weighted by Crippen LogP contribution is -2.24. The van der Waals surface area contributed by atoms with Gasteiger partial charge >= 0.3 is 0 Å². The maximum absolute atomic E-state index is 6.38. The summed E-state index contributed by atoms with van der Waals surface area (Å²) in [4.78, 5) is 0. The van der Waals surface area contributed by atoms with Gasteiger partial charge in [0.1, 0.15) is 0 Å². The van der Waals surface area contributed by atoms with E-state index in [1.807, 2.05) is 0 Å². The third-order valence-electron chi connectivity index (χ3n) is 6.11. The first-order chi connectivity index (χ1) is 17.9. The fraction of sp³-hybridized carbons (Fsp3) is 0.0909. The molecule has 178 valence electrons. The van der Waals surface area contributed by atoms with E-state index in [-0.39, 0.29) is 0 Å². The average Bonchev–Trinajstić information content (AvgIpc) is 2.96. The summed E-state index contributed by atoms with van der Waals surface area (Å²) in [5, 5.41) is 6.91. The van der Waals surface area contributed by atoms with Crippen molar-refractivity contribution in [2.45, 2.75) is 6.61 Å². The largest absolute Gasteiger partial charge is 0.376 e. The second-order valence-corrected chi connectivity index (χ2v) is 13.0. The molecule has 0 heterocycles. The molecule has 0 radical (unpaired) electrons. The minimum absolute atomic E-state index is 0.445. The van der Waals surface area contributed by atoms with E-state index in [1.54, 1.807) is 0 Å². The quantitative estimate of drug-likeness (QED) is 0.165. The zero-order valence-electron chi connectivity index (χ0n) is 20.3. The highest BCUT2D eigenvalue weighted by atomic mass is 31.1. The molecule has 0 fully saturated rings. The van der Waals surface area contributed by atoms with Crippen LogP contribution in [0.4, 0.5) is 0 Å². The summed E-state index contributed by atoms with van der Waals surface area (Å²) >= 11 is 0. The molecular weight excluding hydrogens is 474 g/mol. The Kier molecular flexibility index (Phi) is 8.72. The first kappa shape index (κ1) is 24.6. The van der Waals surface area contributed by atoms with Crippen LogP contribution in [-0.2, 0) is 11.3 Å². The van der Waals surface area contributed by atoms with Crippen LogP contribution in [0.2, 0.25) is 0 Å². The first-order valence-electron chi connectivity index (χ1n) is 12.3. The number of hydrogen-bond acceptors (Lipinski definition) is 1. The van der Waals surface area contributed by atoms with Gasteiger partial charge in [-0.15, -0.1) is 0 Å². The van der Waals surface area contributed by atoms with Crippen molar-refractivity contribution in [2.75, 3.05) is 12.8 Å². The van der Waals surface area contributed by atoms with Gasteiger partial charge < -0.3 is 4.74 Å². The normalized spacial score (nSPS) is 11.2. The van der Waals surface area contributed by atoms with Gasteiger partial charge in [0.25, 0.3) is 0 Å². The van der Waals surface area contributed by atoms with Crippen LogP contribution in [0.25, 0.3) is 0 Å². The van der Waals surface area contributed by atoms with Gasteiger partial charge in [-0.3, -0.25) is 0 Å². The third-order valence-corrected chi connectivity index (χ3v) is 11.1. The minimum atomic E-state index is -0.648. The fourth-order valence-electron chi connectivity index (χ4n) is 4.39. The molecule has 0 unspecified atom stereocenters. The molecule has 0 aliphatic heterocycles. The second kappa shape index (κ2) is 12.8. The van der Waals surface area contributed by atoms with Crippen LogP contribution in [0.15, 0.2) is 146 Å². The Bertz CT molecular complexity index is 1250. The Morgan fingerprint density at radius 1 is 0.444 bits per heavy atom. The van der Waals surface area contributed by atoms with E-state index in [4.69, 9.17) is 4.74 Å². The monoisotopic (exact) mass is 504 g/mol. The molecule has 3 heteroatoms. The predicted molar refractivity (Wildman–Crippen MR) is 159 cm³/mol. The number of hydrogen-bond donors (Lipinski definition) is 0. The molecule has 0 aromatic heterocycles. The highest BCUT2D eigenvalue weighted by molar-refractivity contribution is 7.79. The van der Waals surface area contributed by atoms with E-state index in [0.717, 1.165) is 12.8 Å². The molecule has 0 amide bonds. The maximum Gasteiger partial charge on any atom is 0.0723 e. The lowest BCUT2D eigenvalue weighted by atomic mass is 10.2. The van der Waals surface area contributed by atoms with E-state index in [1.165, 1.54) is 32.1 Å². The Morgan fingerprint density at radius 3 is 1.36 bits per heavy atom. The van der Waals surface area contributed by atoms with Gasteiger partial charge in [-0.25, -0.2) is 0 Å². The van der Waals surface area contributed by atoms with Crippen molar-refractivity contribution < 1.29 is 4.74 Å². The summed E-state index contributed by atoms with van der Waals surface area (Å²) in [6.07, 6.45) is 1.01. The zero-order chi connectivity index (χ0) is 24.4. The van der Waals surface area contributed by atoms with Gasteiger partial charge in [-0.2, -0.15) is 0 Å². The molecule has 1 nitrogen and oxygen atoms in total. The summed E-state index contributed by atoms with van der Waals surface area (Å²) < 4.78 is 6.38. The average molecular weight is 505 g/mol. The van der Waals surface area contributed by atoms with Gasteiger partial charge in [0.05, 0.1) is 13.2 Å². The smallest absolute Gasteiger partial charge is 0.0723 e. The van der Waals surface area contributed by atoms with Crippen LogP contribution in [0.3, 0.4) is 0 Å². The zero-order valence-corrected chi connectivity index (χ0v) is 22.1. The molecule has 0 spiro atoms. The number of benzene rings is 5. The van der Waals surface area contributed by atoms with Crippen molar-refractivity contribution in [3.05, 3.63) is 151 Å². The summed E-state index contributed by atoms with van der Waals surface area (Å²) in [5.74, 6) is 0. The Labute approximate surface area is 217 Å². The lowest BCUT2D eigenvalue weighted by Gasteiger charge is -2.23. The number of ether oxygens (including phenoxy) is 1. The highest BCUT2D eigenvalue weighted by Crippen LogP contribution is 2.35. The topological polar surface area (TPSA) is 9.23 Å². The molecule has 0 N–H and O–H groups in total. The molecule has 5 aromatic carbocycles. The van der Waals surface area contributed by atoms with Gasteiger partial charge in [0.2, 0.25) is 0 Å². The molecule has 0 aliphatic carbocycles. The minimum Gasteiger partial charge on any atom is -0.376 e. The van der Waals surface area contributed by atoms with Gasteiger partial charge in [0.15, 0.2) is 0 Å². The van der Waals surface area contributed by atoms with E-state index in [9.17, 15) is 0 Å². The molecule has 0 saturated carbocycles. The van der Waals surface area contributed by atoms with Crippen molar-refractivity contribution in [3.63, 3.8) is 0 Å². The molecule has 0 bridgehead atoms. The highest BCUT2D eigenvalue weighted by Gasteiger charge is 2.19. The Balaban J connectivity index is 1.34. The summed E-state index contributed by atoms with van der Waals surface area (Å²) in [5.41, 5.74) is 1.28. The fourth-order valence-corrected chi connectivity index (χ4v) is 9.04. The van der Waals surface area contributed by atoms with E-state index >= 15 is 0 Å². The van der Waals surface area contributed by atoms with Crippen LogP contribution in [0.5, 0.6) is 0 Å². The standard InChI is InChI=1S/C33H30OP2/c1-5-16-29(17-6-1)35(30-18-7-2-8-19-30)26-25-34-27-28-15-13-14-24-33(28)36(31-20-9-3-10-21-31)32-22-11-4-12-23-32/h1-24H,25-27H2. The maximum atomic E-state index is 6.38. The van der Waals surface area contributed by atoms with E-state index in [2.05, 4.69) is 146 Å². The molecular formula is C33H30OP2. The van der Waals surface area contributed by atoms with Crippen LogP contribution in [0.1, 0.15) is 5.56 Å². The van der Waals surface area contributed by atoms with Gasteiger partial charge in [-0.05, 0) is 54.1 Å². The van der Waals surface area contributed by atoms with Crippen molar-refractivity contribution in [1.82, 2.24) is 0 Å². The van der Waals surface area contributed by atoms with Crippen LogP contribution < -0.4 is 26.5 Å². The molecule has 0 atom stereocenters. The molecule has 36 heavy (non-hydrogen) atoms. The van der Waals surface area contributed by atoms with Crippen molar-refractivity contribution in [2.24, 2.45) is 0 Å². The first-order valence-corrected chi connectivity index (χ1v) is 15.2. The third kappa shape index (κ3) is 6.18. The second-order valence-electron chi connectivity index (χ2n) is 8.51. The van der Waals surface area contributed by atoms with Crippen LogP contribution in [-0.4, -0.2) is 12.8 Å². The molecule has 0 aliphatic rings. The van der Waals surface area contributed by atoms with Crippen LogP contribution >= 0.6 is 15.8 Å². The molecule has 5 aromatic rings. The predicted octanol–water partition coefficient (Wildman–Crippen LogP) is 6.09. The van der Waals surface area contributed by atoms with E-state index in [0.29, 0.717) is 6.61 Å². The van der Waals surface area contributed by atoms with E-state index < -0.39 is 15.8 Å². The Hall–Kier alpha value is -3.08. The van der Waals surface area contributed by atoms with Gasteiger partial charge in [-0.1, -0.05) is 146 Å². The summed E-state index contributed by atoms with van der Waals surface area (Å²) in [7, 11) is -1.09. The van der Waals surface area contributed by atoms with Crippen molar-refractivity contribution in [1.29, 1.82) is 0 Å². The van der Waals surface area contributed by atoms with Gasteiger partial charge in [0, 0.05) is 0 Å². The van der Waals surface area contributed by atoms with Crippen molar-refractivity contribution >= 4 is 42.4 Å². The molecule has 5 rings (SSSR count). The summed E-state index contributed by atoms with van der Waals surface area (Å²) in [6.45, 7) is 1.36. The number of rotatable bonds is 10.